The molecule has 1 heterocycles. The van der Waals surface area contributed by atoms with Gasteiger partial charge in [0.05, 0.1) is 10.9 Å². The Balaban J connectivity index is 2.98. The summed E-state index contributed by atoms with van der Waals surface area (Å²) in [6, 6.07) is 4.82. The third-order valence-electron chi connectivity index (χ3n) is 1.48. The van der Waals surface area contributed by atoms with Crippen molar-refractivity contribution in [3.05, 3.63) is 40.0 Å². The molecule has 0 amide bonds. The van der Waals surface area contributed by atoms with E-state index in [0.717, 1.165) is 0 Å². The summed E-state index contributed by atoms with van der Waals surface area (Å²) in [6.45, 7) is 0. The van der Waals surface area contributed by atoms with Crippen molar-refractivity contribution in [3.63, 3.8) is 0 Å². The number of hydrogen-bond acceptors (Lipinski definition) is 3. The van der Waals surface area contributed by atoms with Crippen molar-refractivity contribution in [1.29, 1.82) is 0 Å². The summed E-state index contributed by atoms with van der Waals surface area (Å²) >= 11 is 5.67. The molecule has 0 N–H and O–H groups in total. The molecule has 0 aliphatic rings. The SMILES string of the molecule is O=c1o[c]nc2ccc(Cl)cc12. The molecule has 0 atom stereocenters. The quantitative estimate of drug-likeness (QED) is 0.619. The Morgan fingerprint density at radius 3 is 3.17 bits per heavy atom. The van der Waals surface area contributed by atoms with Crippen molar-refractivity contribution in [3.8, 4) is 0 Å². The van der Waals surface area contributed by atoms with Crippen LogP contribution in [0.15, 0.2) is 27.4 Å². The summed E-state index contributed by atoms with van der Waals surface area (Å²) in [4.78, 5) is 14.8. The van der Waals surface area contributed by atoms with E-state index in [9.17, 15) is 4.79 Å². The normalized spacial score (nSPS) is 10.4. The Morgan fingerprint density at radius 2 is 2.33 bits per heavy atom. The highest BCUT2D eigenvalue weighted by atomic mass is 35.5. The van der Waals surface area contributed by atoms with Gasteiger partial charge in [-0.3, -0.25) is 0 Å². The fourth-order valence-electron chi connectivity index (χ4n) is 0.938. The average molecular weight is 181 g/mol. The van der Waals surface area contributed by atoms with Gasteiger partial charge < -0.3 is 4.42 Å². The van der Waals surface area contributed by atoms with E-state index in [1.54, 1.807) is 12.1 Å². The Kier molecular flexibility index (Phi) is 1.59. The van der Waals surface area contributed by atoms with E-state index in [1.165, 1.54) is 6.07 Å². The monoisotopic (exact) mass is 180 g/mol. The molecule has 0 saturated carbocycles. The zero-order chi connectivity index (χ0) is 8.55. The van der Waals surface area contributed by atoms with Crippen LogP contribution in [-0.4, -0.2) is 4.98 Å². The topological polar surface area (TPSA) is 43.1 Å². The molecule has 0 saturated heterocycles. The third kappa shape index (κ3) is 1.08. The molecular weight excluding hydrogens is 178 g/mol. The van der Waals surface area contributed by atoms with E-state index in [1.807, 2.05) is 0 Å². The van der Waals surface area contributed by atoms with E-state index in [2.05, 4.69) is 15.8 Å². The number of aromatic nitrogens is 1. The average Bonchev–Trinajstić information content (AvgIpc) is 2.07. The molecule has 59 valence electrons. The Bertz CT molecular complexity index is 478. The number of halogens is 1. The molecule has 0 aliphatic heterocycles. The summed E-state index contributed by atoms with van der Waals surface area (Å²) in [5.41, 5.74) is 0.0677. The zero-order valence-electron chi connectivity index (χ0n) is 5.87. The van der Waals surface area contributed by atoms with Gasteiger partial charge in [0.1, 0.15) is 0 Å². The summed E-state index contributed by atoms with van der Waals surface area (Å²) in [5.74, 6) is 0. The van der Waals surface area contributed by atoms with Crippen molar-refractivity contribution in [2.24, 2.45) is 0 Å². The van der Waals surface area contributed by atoms with Gasteiger partial charge >= 0.3 is 5.63 Å². The van der Waals surface area contributed by atoms with Crippen molar-refractivity contribution in [2.45, 2.75) is 0 Å². The lowest BCUT2D eigenvalue weighted by atomic mass is 10.2. The van der Waals surface area contributed by atoms with Crippen LogP contribution in [0.2, 0.25) is 5.02 Å². The van der Waals surface area contributed by atoms with Crippen LogP contribution in [-0.2, 0) is 0 Å². The van der Waals surface area contributed by atoms with E-state index in [-0.39, 0.29) is 0 Å². The van der Waals surface area contributed by atoms with Crippen LogP contribution in [0.25, 0.3) is 10.9 Å². The van der Waals surface area contributed by atoms with Crippen LogP contribution < -0.4 is 5.63 Å². The Morgan fingerprint density at radius 1 is 1.50 bits per heavy atom. The Hall–Kier alpha value is -1.35. The van der Waals surface area contributed by atoms with Gasteiger partial charge in [0, 0.05) is 5.02 Å². The van der Waals surface area contributed by atoms with Crippen LogP contribution in [0.5, 0.6) is 0 Å². The minimum Gasteiger partial charge on any atom is -0.398 e. The first-order chi connectivity index (χ1) is 5.77. The Labute approximate surface area is 72.6 Å². The molecule has 3 nitrogen and oxygen atoms in total. The van der Waals surface area contributed by atoms with Gasteiger partial charge in [0.2, 0.25) is 0 Å². The molecule has 2 aromatic rings. The van der Waals surface area contributed by atoms with Crippen molar-refractivity contribution < 1.29 is 4.42 Å². The van der Waals surface area contributed by atoms with Crippen molar-refractivity contribution in [2.75, 3.05) is 0 Å². The van der Waals surface area contributed by atoms with Gasteiger partial charge in [0.25, 0.3) is 6.39 Å². The maximum atomic E-state index is 11.0. The largest absolute Gasteiger partial charge is 0.398 e. The van der Waals surface area contributed by atoms with E-state index in [4.69, 9.17) is 11.6 Å². The molecule has 1 aromatic heterocycles. The highest BCUT2D eigenvalue weighted by Crippen LogP contribution is 2.13. The summed E-state index contributed by atoms with van der Waals surface area (Å²) in [6.07, 6.45) is 2.14. The molecule has 2 rings (SSSR count). The lowest BCUT2D eigenvalue weighted by Gasteiger charge is -1.92. The molecule has 0 aliphatic carbocycles. The molecule has 0 bridgehead atoms. The first-order valence-electron chi connectivity index (χ1n) is 3.24. The van der Waals surface area contributed by atoms with Crippen molar-refractivity contribution >= 4 is 22.5 Å². The van der Waals surface area contributed by atoms with Gasteiger partial charge in [-0.2, -0.15) is 0 Å². The van der Waals surface area contributed by atoms with E-state index >= 15 is 0 Å². The van der Waals surface area contributed by atoms with Crippen LogP contribution in [0.3, 0.4) is 0 Å². The first-order valence-corrected chi connectivity index (χ1v) is 3.61. The molecule has 1 radical (unpaired) electrons. The van der Waals surface area contributed by atoms with Gasteiger partial charge in [-0.05, 0) is 18.2 Å². The number of fused-ring (bicyclic) bond motifs is 1. The standard InChI is InChI=1S/C8H3ClNO2/c9-5-1-2-7-6(3-5)8(11)12-4-10-7/h1-3H. The molecule has 4 heteroatoms. The molecule has 0 spiro atoms. The van der Waals surface area contributed by atoms with Crippen LogP contribution in [0.1, 0.15) is 0 Å². The van der Waals surface area contributed by atoms with Crippen LogP contribution >= 0.6 is 11.6 Å². The van der Waals surface area contributed by atoms with E-state index in [0.29, 0.717) is 15.9 Å². The third-order valence-corrected chi connectivity index (χ3v) is 1.72. The molecule has 0 fully saturated rings. The molecule has 12 heavy (non-hydrogen) atoms. The maximum Gasteiger partial charge on any atom is 0.347 e. The lowest BCUT2D eigenvalue weighted by molar-refractivity contribution is 0.491. The molecular formula is C8H3ClNO2. The molecule has 0 unspecified atom stereocenters. The first kappa shape index (κ1) is 7.31. The lowest BCUT2D eigenvalue weighted by Crippen LogP contribution is -1.99. The second kappa shape index (κ2) is 2.60. The fourth-order valence-corrected chi connectivity index (χ4v) is 1.11. The smallest absolute Gasteiger partial charge is 0.347 e. The minimum absolute atomic E-state index is 0.376. The number of hydrogen-bond donors (Lipinski definition) is 0. The van der Waals surface area contributed by atoms with Gasteiger partial charge in [0.15, 0.2) is 0 Å². The van der Waals surface area contributed by atoms with Gasteiger partial charge in [-0.25, -0.2) is 9.78 Å². The summed E-state index contributed by atoms with van der Waals surface area (Å²) in [5, 5.41) is 0.865. The zero-order valence-corrected chi connectivity index (χ0v) is 6.63. The van der Waals surface area contributed by atoms with Crippen molar-refractivity contribution in [1.82, 2.24) is 4.98 Å². The molecule has 1 aromatic carbocycles. The summed E-state index contributed by atoms with van der Waals surface area (Å²) < 4.78 is 4.45. The fraction of sp³-hybridized carbons (Fsp3) is 0. The summed E-state index contributed by atoms with van der Waals surface area (Å²) in [7, 11) is 0. The second-order valence-electron chi connectivity index (χ2n) is 2.25. The minimum atomic E-state index is -0.470. The second-order valence-corrected chi connectivity index (χ2v) is 2.69. The van der Waals surface area contributed by atoms with Crippen LogP contribution in [0.4, 0.5) is 0 Å². The number of nitrogens with zero attached hydrogens (tertiary/aromatic N) is 1. The van der Waals surface area contributed by atoms with Crippen LogP contribution in [0, 0.1) is 6.39 Å². The highest BCUT2D eigenvalue weighted by Gasteiger charge is 2.00. The van der Waals surface area contributed by atoms with Gasteiger partial charge in [-0.15, -0.1) is 0 Å². The predicted molar refractivity (Wildman–Crippen MR) is 44.1 cm³/mol. The maximum absolute atomic E-state index is 11.0. The van der Waals surface area contributed by atoms with Gasteiger partial charge in [-0.1, -0.05) is 11.6 Å². The predicted octanol–water partition coefficient (Wildman–Crippen LogP) is 1.64. The van der Waals surface area contributed by atoms with E-state index < -0.39 is 5.63 Å². The highest BCUT2D eigenvalue weighted by molar-refractivity contribution is 6.31. The number of benzene rings is 1. The number of rotatable bonds is 0.